The fourth-order valence-corrected chi connectivity index (χ4v) is 1.47. The number of rotatable bonds is 2. The lowest BCUT2D eigenvalue weighted by Crippen LogP contribution is -1.93. The standard InChI is InChI=1S/C11H13N3O/c1-8-3-9(5-10(4-8)15-2)14-6-11(12)13-7-14/h3-7H,12H2,1-2H3. The number of nitrogens with zero attached hydrogens (tertiary/aromatic N) is 2. The van der Waals surface area contributed by atoms with Crippen molar-refractivity contribution in [2.75, 3.05) is 12.8 Å². The van der Waals surface area contributed by atoms with Crippen LogP contribution in [-0.2, 0) is 0 Å². The van der Waals surface area contributed by atoms with Crippen LogP contribution in [0.2, 0.25) is 0 Å². The van der Waals surface area contributed by atoms with Crippen LogP contribution in [0.1, 0.15) is 5.56 Å². The van der Waals surface area contributed by atoms with Crippen LogP contribution < -0.4 is 10.5 Å². The van der Waals surface area contributed by atoms with Crippen molar-refractivity contribution < 1.29 is 4.74 Å². The van der Waals surface area contributed by atoms with Crippen molar-refractivity contribution in [1.29, 1.82) is 0 Å². The summed E-state index contributed by atoms with van der Waals surface area (Å²) in [6.07, 6.45) is 3.46. The predicted octanol–water partition coefficient (Wildman–Crippen LogP) is 1.77. The van der Waals surface area contributed by atoms with E-state index in [9.17, 15) is 0 Å². The molecule has 2 aromatic rings. The fourth-order valence-electron chi connectivity index (χ4n) is 1.47. The molecule has 4 heteroatoms. The number of nitrogen functional groups attached to an aromatic ring is 1. The van der Waals surface area contributed by atoms with Crippen molar-refractivity contribution in [3.05, 3.63) is 36.3 Å². The molecule has 2 N–H and O–H groups in total. The Morgan fingerprint density at radius 3 is 2.73 bits per heavy atom. The van der Waals surface area contributed by atoms with E-state index in [1.165, 1.54) is 0 Å². The summed E-state index contributed by atoms with van der Waals surface area (Å²) in [4.78, 5) is 3.98. The predicted molar refractivity (Wildman–Crippen MR) is 59.3 cm³/mol. The van der Waals surface area contributed by atoms with Crippen LogP contribution in [-0.4, -0.2) is 16.7 Å². The van der Waals surface area contributed by atoms with Crippen molar-refractivity contribution >= 4 is 5.82 Å². The summed E-state index contributed by atoms with van der Waals surface area (Å²) in [5, 5.41) is 0. The number of nitrogens with two attached hydrogens (primary N) is 1. The molecule has 0 aliphatic heterocycles. The molecule has 4 nitrogen and oxygen atoms in total. The minimum absolute atomic E-state index is 0.510. The van der Waals surface area contributed by atoms with E-state index < -0.39 is 0 Å². The third-order valence-electron chi connectivity index (χ3n) is 2.17. The van der Waals surface area contributed by atoms with Crippen molar-refractivity contribution in [3.8, 4) is 11.4 Å². The van der Waals surface area contributed by atoms with Crippen LogP contribution in [0.4, 0.5) is 5.82 Å². The largest absolute Gasteiger partial charge is 0.497 e. The molecule has 0 fully saturated rings. The molecule has 0 aliphatic carbocycles. The molecule has 0 aliphatic rings. The van der Waals surface area contributed by atoms with Gasteiger partial charge in [0, 0.05) is 6.07 Å². The lowest BCUT2D eigenvalue weighted by Gasteiger charge is -2.06. The smallest absolute Gasteiger partial charge is 0.141 e. The molecule has 78 valence electrons. The van der Waals surface area contributed by atoms with Gasteiger partial charge in [0.1, 0.15) is 17.9 Å². The summed E-state index contributed by atoms with van der Waals surface area (Å²) in [6.45, 7) is 2.02. The number of aryl methyl sites for hydroxylation is 1. The first-order valence-corrected chi connectivity index (χ1v) is 4.64. The van der Waals surface area contributed by atoms with Gasteiger partial charge in [0.15, 0.2) is 0 Å². The summed E-state index contributed by atoms with van der Waals surface area (Å²) in [5.74, 6) is 1.34. The molecular formula is C11H13N3O. The van der Waals surface area contributed by atoms with Crippen LogP contribution in [0.3, 0.4) is 0 Å². The number of ether oxygens (including phenoxy) is 1. The second kappa shape index (κ2) is 3.65. The number of imidazole rings is 1. The van der Waals surface area contributed by atoms with Gasteiger partial charge in [0.25, 0.3) is 0 Å². The summed E-state index contributed by atoms with van der Waals surface area (Å²) >= 11 is 0. The first-order valence-electron chi connectivity index (χ1n) is 4.64. The molecule has 0 radical (unpaired) electrons. The molecule has 0 saturated heterocycles. The Hall–Kier alpha value is -1.97. The minimum Gasteiger partial charge on any atom is -0.497 e. The summed E-state index contributed by atoms with van der Waals surface area (Å²) in [6, 6.07) is 5.96. The van der Waals surface area contributed by atoms with Gasteiger partial charge in [-0.1, -0.05) is 0 Å². The number of hydrogen-bond donors (Lipinski definition) is 1. The van der Waals surface area contributed by atoms with Gasteiger partial charge in [0.2, 0.25) is 0 Å². The van der Waals surface area contributed by atoms with Crippen molar-refractivity contribution in [1.82, 2.24) is 9.55 Å². The molecule has 15 heavy (non-hydrogen) atoms. The molecule has 1 aromatic carbocycles. The Morgan fingerprint density at radius 2 is 2.13 bits per heavy atom. The Bertz CT molecular complexity index is 476. The normalized spacial score (nSPS) is 10.3. The van der Waals surface area contributed by atoms with Gasteiger partial charge in [-0.3, -0.25) is 0 Å². The van der Waals surface area contributed by atoms with Crippen LogP contribution in [0, 0.1) is 6.92 Å². The first kappa shape index (κ1) is 9.58. The zero-order chi connectivity index (χ0) is 10.8. The van der Waals surface area contributed by atoms with Crippen molar-refractivity contribution in [3.63, 3.8) is 0 Å². The Kier molecular flexibility index (Phi) is 2.33. The van der Waals surface area contributed by atoms with Crippen molar-refractivity contribution in [2.45, 2.75) is 6.92 Å². The van der Waals surface area contributed by atoms with Crippen molar-refractivity contribution in [2.24, 2.45) is 0 Å². The molecule has 0 spiro atoms. The van der Waals surface area contributed by atoms with Gasteiger partial charge >= 0.3 is 0 Å². The highest BCUT2D eigenvalue weighted by atomic mass is 16.5. The third kappa shape index (κ3) is 1.93. The highest BCUT2D eigenvalue weighted by molar-refractivity contribution is 5.44. The quantitative estimate of drug-likeness (QED) is 0.809. The van der Waals surface area contributed by atoms with E-state index in [0.29, 0.717) is 5.82 Å². The van der Waals surface area contributed by atoms with E-state index in [2.05, 4.69) is 4.98 Å². The van der Waals surface area contributed by atoms with Gasteiger partial charge in [0.05, 0.1) is 19.0 Å². The minimum atomic E-state index is 0.510. The molecule has 1 aromatic heterocycles. The molecular weight excluding hydrogens is 190 g/mol. The number of benzene rings is 1. The molecule has 0 atom stereocenters. The Balaban J connectivity index is 2.48. The van der Waals surface area contributed by atoms with E-state index in [1.54, 1.807) is 19.6 Å². The first-order chi connectivity index (χ1) is 7.19. The maximum absolute atomic E-state index is 5.56. The Labute approximate surface area is 88.3 Å². The third-order valence-corrected chi connectivity index (χ3v) is 2.17. The maximum Gasteiger partial charge on any atom is 0.141 e. The fraction of sp³-hybridized carbons (Fsp3) is 0.182. The molecule has 0 bridgehead atoms. The van der Waals surface area contributed by atoms with E-state index in [4.69, 9.17) is 10.5 Å². The number of anilines is 1. The highest BCUT2D eigenvalue weighted by Gasteiger charge is 2.01. The number of methoxy groups -OCH3 is 1. The highest BCUT2D eigenvalue weighted by Crippen LogP contribution is 2.19. The van der Waals surface area contributed by atoms with E-state index in [1.807, 2.05) is 29.7 Å². The Morgan fingerprint density at radius 1 is 1.33 bits per heavy atom. The lowest BCUT2D eigenvalue weighted by molar-refractivity contribution is 0.414. The van der Waals surface area contributed by atoms with E-state index in [-0.39, 0.29) is 0 Å². The van der Waals surface area contributed by atoms with Gasteiger partial charge in [-0.05, 0) is 24.6 Å². The maximum atomic E-state index is 5.56. The van der Waals surface area contributed by atoms with Crippen LogP contribution in [0.5, 0.6) is 5.75 Å². The lowest BCUT2D eigenvalue weighted by atomic mass is 10.2. The van der Waals surface area contributed by atoms with E-state index >= 15 is 0 Å². The van der Waals surface area contributed by atoms with Gasteiger partial charge in [-0.15, -0.1) is 0 Å². The molecule has 0 amide bonds. The monoisotopic (exact) mass is 203 g/mol. The molecule has 2 rings (SSSR count). The second-order valence-electron chi connectivity index (χ2n) is 3.41. The van der Waals surface area contributed by atoms with Gasteiger partial charge in [-0.2, -0.15) is 0 Å². The van der Waals surface area contributed by atoms with Gasteiger partial charge < -0.3 is 15.0 Å². The molecule has 1 heterocycles. The van der Waals surface area contributed by atoms with Gasteiger partial charge in [-0.25, -0.2) is 4.98 Å². The zero-order valence-electron chi connectivity index (χ0n) is 8.77. The SMILES string of the molecule is COc1cc(C)cc(-n2cnc(N)c2)c1. The number of aromatic nitrogens is 2. The summed E-state index contributed by atoms with van der Waals surface area (Å²) in [7, 11) is 1.65. The van der Waals surface area contributed by atoms with E-state index in [0.717, 1.165) is 17.0 Å². The topological polar surface area (TPSA) is 53.1 Å². The van der Waals surface area contributed by atoms with Crippen LogP contribution in [0.25, 0.3) is 5.69 Å². The molecule has 0 saturated carbocycles. The number of hydrogen-bond acceptors (Lipinski definition) is 3. The molecule has 0 unspecified atom stereocenters. The zero-order valence-corrected chi connectivity index (χ0v) is 8.77. The second-order valence-corrected chi connectivity index (χ2v) is 3.41. The average molecular weight is 203 g/mol. The summed E-state index contributed by atoms with van der Waals surface area (Å²) in [5.41, 5.74) is 7.69. The van der Waals surface area contributed by atoms with Crippen LogP contribution >= 0.6 is 0 Å². The average Bonchev–Trinajstić information content (AvgIpc) is 2.64. The van der Waals surface area contributed by atoms with Crippen LogP contribution in [0.15, 0.2) is 30.7 Å². The summed E-state index contributed by atoms with van der Waals surface area (Å²) < 4.78 is 7.06.